The van der Waals surface area contributed by atoms with Gasteiger partial charge in [-0.2, -0.15) is 13.2 Å². The summed E-state index contributed by atoms with van der Waals surface area (Å²) in [5.41, 5.74) is 0.330. The van der Waals surface area contributed by atoms with Crippen LogP contribution in [0, 0.1) is 0 Å². The largest absolute Gasteiger partial charge is 0.497 e. The highest BCUT2D eigenvalue weighted by molar-refractivity contribution is 5.99. The summed E-state index contributed by atoms with van der Waals surface area (Å²) in [4.78, 5) is 35.4. The van der Waals surface area contributed by atoms with Crippen molar-refractivity contribution >= 4 is 29.0 Å². The van der Waals surface area contributed by atoms with Crippen molar-refractivity contribution in [2.24, 2.45) is 0 Å². The van der Waals surface area contributed by atoms with Crippen molar-refractivity contribution in [3.63, 3.8) is 0 Å². The van der Waals surface area contributed by atoms with Gasteiger partial charge in [0.15, 0.2) is 6.61 Å². The number of anilines is 2. The third kappa shape index (κ3) is 6.76. The van der Waals surface area contributed by atoms with Crippen LogP contribution in [0.4, 0.5) is 24.5 Å². The van der Waals surface area contributed by atoms with Gasteiger partial charge in [-0.05, 0) is 24.3 Å². The average molecular weight is 452 g/mol. The van der Waals surface area contributed by atoms with Crippen LogP contribution in [-0.2, 0) is 14.3 Å². The number of rotatable bonds is 9. The van der Waals surface area contributed by atoms with Gasteiger partial charge >= 0.3 is 12.1 Å². The van der Waals surface area contributed by atoms with Crippen molar-refractivity contribution in [2.75, 3.05) is 31.5 Å². The van der Waals surface area contributed by atoms with E-state index in [1.165, 1.54) is 44.6 Å². The highest BCUT2D eigenvalue weighted by atomic mass is 19.4. The number of carbonyl (C=O) groups is 3. The number of alkyl halides is 3. The lowest BCUT2D eigenvalue weighted by Gasteiger charge is -2.12. The molecule has 1 amide bonds. The minimum atomic E-state index is -5.00. The standard InChI is InChI=1S/C21H19F3N2O6/c1-30-13-7-8-17(31-2)16(11-13)26-19(28)12-32-20(29)14-5-3-4-6-15(14)25-10-9-18(27)21(22,23)24/h3-11,25H,12H2,1-2H3,(H,26,28). The van der Waals surface area contributed by atoms with Gasteiger partial charge in [-0.15, -0.1) is 0 Å². The van der Waals surface area contributed by atoms with E-state index in [9.17, 15) is 27.6 Å². The van der Waals surface area contributed by atoms with Gasteiger partial charge in [0, 0.05) is 18.3 Å². The van der Waals surface area contributed by atoms with E-state index < -0.39 is 30.4 Å². The van der Waals surface area contributed by atoms with Crippen LogP contribution in [0.5, 0.6) is 11.5 Å². The van der Waals surface area contributed by atoms with Crippen LogP contribution in [0.2, 0.25) is 0 Å². The molecule has 0 bridgehead atoms. The second kappa shape index (κ2) is 10.8. The minimum Gasteiger partial charge on any atom is -0.497 e. The molecule has 0 radical (unpaired) electrons. The Morgan fingerprint density at radius 3 is 2.38 bits per heavy atom. The number of amides is 1. The first-order chi connectivity index (χ1) is 15.2. The summed E-state index contributed by atoms with van der Waals surface area (Å²) in [6.45, 7) is -0.643. The zero-order valence-electron chi connectivity index (χ0n) is 17.0. The van der Waals surface area contributed by atoms with Gasteiger partial charge in [0.25, 0.3) is 11.7 Å². The molecule has 170 valence electrons. The quantitative estimate of drug-likeness (QED) is 0.443. The first-order valence-corrected chi connectivity index (χ1v) is 8.98. The van der Waals surface area contributed by atoms with E-state index in [2.05, 4.69) is 10.6 Å². The van der Waals surface area contributed by atoms with E-state index in [1.54, 1.807) is 12.1 Å². The van der Waals surface area contributed by atoms with Gasteiger partial charge in [0.2, 0.25) is 0 Å². The molecule has 0 aliphatic heterocycles. The van der Waals surface area contributed by atoms with Crippen molar-refractivity contribution in [3.8, 4) is 11.5 Å². The lowest BCUT2D eigenvalue weighted by Crippen LogP contribution is -2.21. The number of halogens is 3. The van der Waals surface area contributed by atoms with Crippen LogP contribution in [0.15, 0.2) is 54.7 Å². The molecule has 0 saturated carbocycles. The molecule has 2 N–H and O–H groups in total. The SMILES string of the molecule is COc1ccc(OC)c(NC(=O)COC(=O)c2ccccc2NC=CC(=O)C(F)(F)F)c1. The molecule has 2 rings (SSSR count). The molecule has 0 saturated heterocycles. The van der Waals surface area contributed by atoms with E-state index in [0.717, 1.165) is 6.20 Å². The van der Waals surface area contributed by atoms with E-state index in [4.69, 9.17) is 14.2 Å². The van der Waals surface area contributed by atoms with E-state index >= 15 is 0 Å². The Morgan fingerprint density at radius 2 is 1.72 bits per heavy atom. The number of hydrogen-bond acceptors (Lipinski definition) is 7. The van der Waals surface area contributed by atoms with Crippen LogP contribution in [0.1, 0.15) is 10.4 Å². The first kappa shape index (κ1) is 24.3. The van der Waals surface area contributed by atoms with Crippen molar-refractivity contribution in [1.82, 2.24) is 0 Å². The lowest BCUT2D eigenvalue weighted by atomic mass is 10.2. The smallest absolute Gasteiger partial charge is 0.454 e. The van der Waals surface area contributed by atoms with Gasteiger partial charge in [-0.1, -0.05) is 12.1 Å². The monoisotopic (exact) mass is 452 g/mol. The van der Waals surface area contributed by atoms with Crippen molar-refractivity contribution < 1.29 is 41.8 Å². The molecule has 0 unspecified atom stereocenters. The zero-order valence-corrected chi connectivity index (χ0v) is 17.0. The Kier molecular flexibility index (Phi) is 8.22. The summed E-state index contributed by atoms with van der Waals surface area (Å²) in [7, 11) is 2.87. The van der Waals surface area contributed by atoms with Gasteiger partial charge in [0.1, 0.15) is 11.5 Å². The Morgan fingerprint density at radius 1 is 1.00 bits per heavy atom. The minimum absolute atomic E-state index is 0.0524. The molecule has 8 nitrogen and oxygen atoms in total. The fraction of sp³-hybridized carbons (Fsp3) is 0.190. The molecule has 0 aromatic heterocycles. The second-order valence-corrected chi connectivity index (χ2v) is 6.08. The number of ether oxygens (including phenoxy) is 3. The summed E-state index contributed by atoms with van der Waals surface area (Å²) in [6.07, 6.45) is -3.96. The predicted octanol–water partition coefficient (Wildman–Crippen LogP) is 3.56. The number of benzene rings is 2. The second-order valence-electron chi connectivity index (χ2n) is 6.08. The van der Waals surface area contributed by atoms with Crippen LogP contribution in [-0.4, -0.2) is 44.7 Å². The maximum atomic E-state index is 12.3. The Bertz CT molecular complexity index is 1020. The molecule has 0 aliphatic rings. The number of esters is 1. The topological polar surface area (TPSA) is 103 Å². The molecule has 0 heterocycles. The van der Waals surface area contributed by atoms with Gasteiger partial charge < -0.3 is 24.8 Å². The van der Waals surface area contributed by atoms with Crippen molar-refractivity contribution in [3.05, 3.63) is 60.3 Å². The summed E-state index contributed by atoms with van der Waals surface area (Å²) in [5.74, 6) is -2.80. The summed E-state index contributed by atoms with van der Waals surface area (Å²) >= 11 is 0. The van der Waals surface area contributed by atoms with Crippen LogP contribution < -0.4 is 20.1 Å². The van der Waals surface area contributed by atoms with E-state index in [1.807, 2.05) is 0 Å². The Balaban J connectivity index is 2.01. The Hall–Kier alpha value is -4.02. The molecule has 11 heteroatoms. The number of para-hydroxylation sites is 1. The van der Waals surface area contributed by atoms with Crippen LogP contribution in [0.25, 0.3) is 0 Å². The maximum Gasteiger partial charge on any atom is 0.454 e. The predicted molar refractivity (Wildman–Crippen MR) is 109 cm³/mol. The molecule has 0 spiro atoms. The zero-order chi connectivity index (χ0) is 23.7. The number of ketones is 1. The average Bonchev–Trinajstić information content (AvgIpc) is 2.77. The normalized spacial score (nSPS) is 11.0. The molecular weight excluding hydrogens is 433 g/mol. The van der Waals surface area contributed by atoms with Crippen LogP contribution >= 0.6 is 0 Å². The molecule has 0 atom stereocenters. The number of nitrogens with one attached hydrogen (secondary N) is 2. The molecule has 0 aliphatic carbocycles. The Labute approximate surface area is 181 Å². The summed E-state index contributed by atoms with van der Waals surface area (Å²) in [6, 6.07) is 10.5. The molecule has 2 aromatic rings. The molecule has 0 fully saturated rings. The highest BCUT2D eigenvalue weighted by Gasteiger charge is 2.36. The molecule has 32 heavy (non-hydrogen) atoms. The fourth-order valence-corrected chi connectivity index (χ4v) is 2.40. The number of carbonyl (C=O) groups excluding carboxylic acids is 3. The van der Waals surface area contributed by atoms with E-state index in [0.29, 0.717) is 17.2 Å². The third-order valence-electron chi connectivity index (χ3n) is 3.92. The van der Waals surface area contributed by atoms with E-state index in [-0.39, 0.29) is 17.3 Å². The van der Waals surface area contributed by atoms with Crippen molar-refractivity contribution in [2.45, 2.75) is 6.18 Å². The van der Waals surface area contributed by atoms with Crippen molar-refractivity contribution in [1.29, 1.82) is 0 Å². The van der Waals surface area contributed by atoms with Crippen LogP contribution in [0.3, 0.4) is 0 Å². The highest BCUT2D eigenvalue weighted by Crippen LogP contribution is 2.28. The van der Waals surface area contributed by atoms with Gasteiger partial charge in [-0.3, -0.25) is 9.59 Å². The number of methoxy groups -OCH3 is 2. The van der Waals surface area contributed by atoms with Gasteiger partial charge in [-0.25, -0.2) is 4.79 Å². The summed E-state index contributed by atoms with van der Waals surface area (Å²) in [5, 5.41) is 4.95. The van der Waals surface area contributed by atoms with Gasteiger partial charge in [0.05, 0.1) is 31.2 Å². The number of hydrogen-bond donors (Lipinski definition) is 2. The maximum absolute atomic E-state index is 12.3. The molecular formula is C21H19F3N2O6. The first-order valence-electron chi connectivity index (χ1n) is 8.98. The number of allylic oxidation sites excluding steroid dienone is 1. The lowest BCUT2D eigenvalue weighted by molar-refractivity contribution is -0.165. The third-order valence-corrected chi connectivity index (χ3v) is 3.92. The summed E-state index contributed by atoms with van der Waals surface area (Å²) < 4.78 is 52.0. The fourth-order valence-electron chi connectivity index (χ4n) is 2.40. The molecule has 2 aromatic carbocycles.